The largest absolute Gasteiger partial charge is 0.461 e. The Morgan fingerprint density at radius 3 is 2.54 bits per heavy atom. The maximum Gasteiger partial charge on any atom is 0.357 e. The Bertz CT molecular complexity index is 1410. The highest BCUT2D eigenvalue weighted by molar-refractivity contribution is 6.10. The first-order chi connectivity index (χ1) is 18.7. The molecule has 3 heterocycles. The number of ether oxygens (including phenoxy) is 1. The van der Waals surface area contributed by atoms with E-state index in [4.69, 9.17) is 10.1 Å². The maximum absolute atomic E-state index is 14.0. The van der Waals surface area contributed by atoms with Gasteiger partial charge in [-0.25, -0.2) is 23.5 Å². The molecular formula is C29H30F2N6O2. The van der Waals surface area contributed by atoms with Gasteiger partial charge in [-0.3, -0.25) is 0 Å². The van der Waals surface area contributed by atoms with Crippen molar-refractivity contribution in [2.75, 3.05) is 29.9 Å². The highest BCUT2D eigenvalue weighted by atomic mass is 19.2. The molecule has 0 radical (unpaired) electrons. The summed E-state index contributed by atoms with van der Waals surface area (Å²) in [7, 11) is 0. The van der Waals surface area contributed by atoms with E-state index in [9.17, 15) is 18.8 Å². The van der Waals surface area contributed by atoms with E-state index in [2.05, 4.69) is 26.3 Å². The molecule has 0 amide bonds. The van der Waals surface area contributed by atoms with Gasteiger partial charge in [0.05, 0.1) is 12.7 Å². The van der Waals surface area contributed by atoms with Gasteiger partial charge in [0.2, 0.25) is 0 Å². The van der Waals surface area contributed by atoms with Crippen LogP contribution in [0.15, 0.2) is 42.6 Å². The molecule has 202 valence electrons. The lowest BCUT2D eigenvalue weighted by atomic mass is 9.92. The summed E-state index contributed by atoms with van der Waals surface area (Å²) in [5.41, 5.74) is 2.03. The summed E-state index contributed by atoms with van der Waals surface area (Å²) in [6, 6.07) is 11.0. The minimum atomic E-state index is -1.04. The number of carbonyl (C=O) groups excluding carboxylic acids is 1. The number of carbonyl (C=O) groups is 1. The van der Waals surface area contributed by atoms with Gasteiger partial charge in [0.25, 0.3) is 0 Å². The number of piperidine rings is 1. The lowest BCUT2D eigenvalue weighted by Gasteiger charge is -2.30. The molecule has 8 nitrogen and oxygen atoms in total. The lowest BCUT2D eigenvalue weighted by molar-refractivity contribution is 0.0519. The van der Waals surface area contributed by atoms with Crippen LogP contribution in [-0.4, -0.2) is 41.3 Å². The molecule has 0 bridgehead atoms. The Morgan fingerprint density at radius 1 is 1.21 bits per heavy atom. The highest BCUT2D eigenvalue weighted by Gasteiger charge is 2.24. The van der Waals surface area contributed by atoms with Gasteiger partial charge >= 0.3 is 5.97 Å². The standard InChI is InChI=1S/C29H30F2N6O2/c1-4-39-29(38)24-14-21(19-5-8-25(34-16-19)37-11-9-18(15-32)10-12-37)26(27(33)17(2)3)28(36-24)35-20-6-7-22(30)23(31)13-20/h5-8,13-14,16-18,33H,4,9-12H2,1-3H3,(H,35,36). The third-order valence-electron chi connectivity index (χ3n) is 6.59. The number of halogens is 2. The molecule has 1 aromatic carbocycles. The van der Waals surface area contributed by atoms with Crippen molar-refractivity contribution in [2.45, 2.75) is 33.6 Å². The van der Waals surface area contributed by atoms with Crippen LogP contribution in [-0.2, 0) is 4.74 Å². The number of nitrogens with zero attached hydrogens (tertiary/aromatic N) is 4. The highest BCUT2D eigenvalue weighted by Crippen LogP contribution is 2.34. The van der Waals surface area contributed by atoms with Crippen LogP contribution in [0, 0.1) is 40.2 Å². The Labute approximate surface area is 226 Å². The summed E-state index contributed by atoms with van der Waals surface area (Å²) >= 11 is 0. The fourth-order valence-electron chi connectivity index (χ4n) is 4.41. The second-order valence-corrected chi connectivity index (χ2v) is 9.62. The molecule has 2 N–H and O–H groups in total. The van der Waals surface area contributed by atoms with Crippen LogP contribution in [0.4, 0.5) is 26.1 Å². The van der Waals surface area contributed by atoms with Gasteiger partial charge in [-0.05, 0) is 61.6 Å². The molecular weight excluding hydrogens is 502 g/mol. The van der Waals surface area contributed by atoms with E-state index in [1.54, 1.807) is 19.2 Å². The van der Waals surface area contributed by atoms with Crippen molar-refractivity contribution in [1.82, 2.24) is 9.97 Å². The smallest absolute Gasteiger partial charge is 0.357 e. The molecule has 1 saturated heterocycles. The normalized spacial score (nSPS) is 13.7. The van der Waals surface area contributed by atoms with Crippen LogP contribution in [0.3, 0.4) is 0 Å². The number of nitriles is 1. The number of esters is 1. The Balaban J connectivity index is 1.81. The molecule has 2 aromatic heterocycles. The minimum Gasteiger partial charge on any atom is -0.461 e. The average molecular weight is 533 g/mol. The second-order valence-electron chi connectivity index (χ2n) is 9.62. The SMILES string of the molecule is CCOC(=O)c1cc(-c2ccc(N3CCC(C#N)CC3)nc2)c(C(=N)C(C)C)c(Nc2ccc(F)c(F)c2)n1. The van der Waals surface area contributed by atoms with E-state index >= 15 is 0 Å². The van der Waals surface area contributed by atoms with Gasteiger partial charge in [0.1, 0.15) is 11.6 Å². The van der Waals surface area contributed by atoms with Gasteiger partial charge in [0, 0.05) is 53.8 Å². The van der Waals surface area contributed by atoms with Crippen LogP contribution in [0.1, 0.15) is 49.7 Å². The number of rotatable bonds is 8. The molecule has 0 unspecified atom stereocenters. The van der Waals surface area contributed by atoms with Gasteiger partial charge in [-0.2, -0.15) is 5.26 Å². The molecule has 10 heteroatoms. The van der Waals surface area contributed by atoms with Gasteiger partial charge in [0.15, 0.2) is 17.3 Å². The van der Waals surface area contributed by atoms with Crippen molar-refractivity contribution in [3.05, 3.63) is 65.5 Å². The van der Waals surface area contributed by atoms with Crippen molar-refractivity contribution < 1.29 is 18.3 Å². The quantitative estimate of drug-likeness (QED) is 0.266. The predicted octanol–water partition coefficient (Wildman–Crippen LogP) is 6.11. The Morgan fingerprint density at radius 2 is 1.95 bits per heavy atom. The number of anilines is 3. The summed E-state index contributed by atoms with van der Waals surface area (Å²) in [6.45, 7) is 7.02. The lowest BCUT2D eigenvalue weighted by Crippen LogP contribution is -2.33. The number of pyridine rings is 2. The molecule has 39 heavy (non-hydrogen) atoms. The van der Waals surface area contributed by atoms with E-state index in [-0.39, 0.29) is 41.4 Å². The van der Waals surface area contributed by atoms with Crippen molar-refractivity contribution in [3.63, 3.8) is 0 Å². The van der Waals surface area contributed by atoms with E-state index in [0.717, 1.165) is 43.9 Å². The molecule has 0 saturated carbocycles. The monoisotopic (exact) mass is 532 g/mol. The van der Waals surface area contributed by atoms with E-state index in [1.165, 1.54) is 6.07 Å². The van der Waals surface area contributed by atoms with Crippen LogP contribution >= 0.6 is 0 Å². The molecule has 4 rings (SSSR count). The molecule has 0 spiro atoms. The number of benzene rings is 1. The van der Waals surface area contributed by atoms with Crippen molar-refractivity contribution in [2.24, 2.45) is 11.8 Å². The zero-order valence-electron chi connectivity index (χ0n) is 22.1. The summed E-state index contributed by atoms with van der Waals surface area (Å²) in [4.78, 5) is 23.9. The van der Waals surface area contributed by atoms with E-state index < -0.39 is 17.6 Å². The van der Waals surface area contributed by atoms with Crippen molar-refractivity contribution in [1.29, 1.82) is 10.7 Å². The van der Waals surface area contributed by atoms with Gasteiger partial charge < -0.3 is 20.4 Å². The van der Waals surface area contributed by atoms with Crippen LogP contribution in [0.25, 0.3) is 11.1 Å². The van der Waals surface area contributed by atoms with Gasteiger partial charge in [-0.1, -0.05) is 13.8 Å². The Kier molecular flexibility index (Phi) is 8.49. The van der Waals surface area contributed by atoms with Crippen LogP contribution < -0.4 is 10.2 Å². The predicted molar refractivity (Wildman–Crippen MR) is 145 cm³/mol. The maximum atomic E-state index is 14.0. The summed E-state index contributed by atoms with van der Waals surface area (Å²) in [5.74, 6) is -1.92. The molecule has 1 fully saturated rings. The first kappa shape index (κ1) is 27.6. The van der Waals surface area contributed by atoms with Crippen molar-refractivity contribution in [3.8, 4) is 17.2 Å². The second kappa shape index (κ2) is 12.0. The molecule has 3 aromatic rings. The van der Waals surface area contributed by atoms with Crippen LogP contribution in [0.2, 0.25) is 0 Å². The number of hydrogen-bond acceptors (Lipinski definition) is 8. The zero-order chi connectivity index (χ0) is 28.1. The van der Waals surface area contributed by atoms with E-state index in [1.807, 2.05) is 26.0 Å². The van der Waals surface area contributed by atoms with Crippen molar-refractivity contribution >= 4 is 29.0 Å². The molecule has 1 aliphatic rings. The molecule has 0 aliphatic carbocycles. The fourth-order valence-corrected chi connectivity index (χ4v) is 4.41. The summed E-state index contributed by atoms with van der Waals surface area (Å²) < 4.78 is 32.7. The third kappa shape index (κ3) is 6.20. The number of hydrogen-bond donors (Lipinski definition) is 2. The first-order valence-electron chi connectivity index (χ1n) is 12.9. The molecule has 1 aliphatic heterocycles. The first-order valence-corrected chi connectivity index (χ1v) is 12.9. The zero-order valence-corrected chi connectivity index (χ0v) is 22.1. The van der Waals surface area contributed by atoms with Crippen LogP contribution in [0.5, 0.6) is 0 Å². The summed E-state index contributed by atoms with van der Waals surface area (Å²) in [6.07, 6.45) is 3.23. The number of aromatic nitrogens is 2. The number of nitrogens with one attached hydrogen (secondary N) is 2. The molecule has 0 atom stereocenters. The van der Waals surface area contributed by atoms with Gasteiger partial charge in [-0.15, -0.1) is 0 Å². The fraction of sp³-hybridized carbons (Fsp3) is 0.345. The average Bonchev–Trinajstić information content (AvgIpc) is 2.94. The third-order valence-corrected chi connectivity index (χ3v) is 6.59. The topological polar surface area (TPSA) is 115 Å². The summed E-state index contributed by atoms with van der Waals surface area (Å²) in [5, 5.41) is 21.0. The van der Waals surface area contributed by atoms with E-state index in [0.29, 0.717) is 16.7 Å². The minimum absolute atomic E-state index is 0.0000999. The Hall–Kier alpha value is -4.39.